The number of aliphatic carboxylic acids is 1. The SMILES string of the molecule is N#Cc1ccc(Cc2cc(Oc3c(I)cc(C[C@@H](N)C(=O)O)cc3I)ccc2O)cc1. The van der Waals surface area contributed by atoms with E-state index in [2.05, 4.69) is 51.3 Å². The van der Waals surface area contributed by atoms with Gasteiger partial charge in [-0.15, -0.1) is 0 Å². The lowest BCUT2D eigenvalue weighted by molar-refractivity contribution is -0.138. The van der Waals surface area contributed by atoms with Gasteiger partial charge < -0.3 is 20.7 Å². The van der Waals surface area contributed by atoms with Crippen LogP contribution in [0.5, 0.6) is 17.2 Å². The molecule has 31 heavy (non-hydrogen) atoms. The summed E-state index contributed by atoms with van der Waals surface area (Å²) < 4.78 is 7.76. The first-order chi connectivity index (χ1) is 14.8. The monoisotopic (exact) mass is 640 g/mol. The minimum atomic E-state index is -1.04. The Morgan fingerprint density at radius 2 is 1.71 bits per heavy atom. The Kier molecular flexibility index (Phi) is 7.74. The van der Waals surface area contributed by atoms with Crippen LogP contribution in [-0.4, -0.2) is 22.2 Å². The highest BCUT2D eigenvalue weighted by atomic mass is 127. The Morgan fingerprint density at radius 1 is 1.06 bits per heavy atom. The van der Waals surface area contributed by atoms with Crippen LogP contribution in [0.1, 0.15) is 22.3 Å². The molecular weight excluding hydrogens is 622 g/mol. The first-order valence-electron chi connectivity index (χ1n) is 9.22. The summed E-state index contributed by atoms with van der Waals surface area (Å²) in [4.78, 5) is 11.0. The fourth-order valence-corrected chi connectivity index (χ4v) is 5.09. The third-order valence-corrected chi connectivity index (χ3v) is 6.18. The van der Waals surface area contributed by atoms with Gasteiger partial charge >= 0.3 is 5.97 Å². The smallest absolute Gasteiger partial charge is 0.320 e. The molecule has 0 saturated heterocycles. The third-order valence-electron chi connectivity index (χ3n) is 4.58. The molecular formula is C23H18I2N2O4. The van der Waals surface area contributed by atoms with Crippen LogP contribution in [0.4, 0.5) is 0 Å². The molecule has 3 aromatic carbocycles. The molecule has 3 aromatic rings. The summed E-state index contributed by atoms with van der Waals surface area (Å²) in [6.07, 6.45) is 0.727. The zero-order valence-corrected chi connectivity index (χ0v) is 20.5. The normalized spacial score (nSPS) is 11.5. The second kappa shape index (κ2) is 10.3. The van der Waals surface area contributed by atoms with Gasteiger partial charge in [0.15, 0.2) is 5.75 Å². The van der Waals surface area contributed by atoms with Crippen LogP contribution in [0.3, 0.4) is 0 Å². The molecule has 4 N–H and O–H groups in total. The number of rotatable bonds is 7. The van der Waals surface area contributed by atoms with Crippen molar-refractivity contribution in [2.24, 2.45) is 5.73 Å². The Bertz CT molecular complexity index is 1130. The lowest BCUT2D eigenvalue weighted by Gasteiger charge is -2.14. The quantitative estimate of drug-likeness (QED) is 0.320. The van der Waals surface area contributed by atoms with Crippen LogP contribution in [0, 0.1) is 18.5 Å². The molecule has 0 saturated carbocycles. The Morgan fingerprint density at radius 3 is 2.29 bits per heavy atom. The number of carboxylic acids is 1. The second-order valence-electron chi connectivity index (χ2n) is 6.92. The summed E-state index contributed by atoms with van der Waals surface area (Å²) in [7, 11) is 0. The van der Waals surface area contributed by atoms with E-state index in [1.165, 1.54) is 0 Å². The number of halogens is 2. The van der Waals surface area contributed by atoms with Gasteiger partial charge in [0, 0.05) is 12.0 Å². The molecule has 0 radical (unpaired) electrons. The van der Waals surface area contributed by atoms with Crippen LogP contribution < -0.4 is 10.5 Å². The molecule has 0 spiro atoms. The summed E-state index contributed by atoms with van der Waals surface area (Å²) in [6, 6.07) is 17.1. The van der Waals surface area contributed by atoms with Crippen molar-refractivity contribution in [2.45, 2.75) is 18.9 Å². The Labute approximate surface area is 206 Å². The lowest BCUT2D eigenvalue weighted by atomic mass is 10.0. The van der Waals surface area contributed by atoms with Gasteiger partial charge in [-0.2, -0.15) is 5.26 Å². The van der Waals surface area contributed by atoms with Crippen molar-refractivity contribution in [3.05, 3.63) is 84.0 Å². The van der Waals surface area contributed by atoms with E-state index in [0.717, 1.165) is 18.3 Å². The molecule has 0 aliphatic carbocycles. The van der Waals surface area contributed by atoms with Crippen molar-refractivity contribution in [3.63, 3.8) is 0 Å². The summed E-state index contributed by atoms with van der Waals surface area (Å²) in [6.45, 7) is 0. The molecule has 0 amide bonds. The number of aromatic hydroxyl groups is 1. The average Bonchev–Trinajstić information content (AvgIpc) is 2.73. The highest BCUT2D eigenvalue weighted by molar-refractivity contribution is 14.1. The molecule has 1 atom stereocenters. The second-order valence-corrected chi connectivity index (χ2v) is 9.24. The zero-order valence-electron chi connectivity index (χ0n) is 16.2. The largest absolute Gasteiger partial charge is 0.508 e. The number of carboxylic acid groups (broad SMARTS) is 1. The molecule has 0 aliphatic rings. The van der Waals surface area contributed by atoms with Gasteiger partial charge in [-0.25, -0.2) is 0 Å². The number of nitriles is 1. The maximum atomic E-state index is 11.0. The molecule has 8 heteroatoms. The highest BCUT2D eigenvalue weighted by Crippen LogP contribution is 2.35. The van der Waals surface area contributed by atoms with Crippen molar-refractivity contribution in [3.8, 4) is 23.3 Å². The van der Waals surface area contributed by atoms with Crippen LogP contribution in [0.2, 0.25) is 0 Å². The summed E-state index contributed by atoms with van der Waals surface area (Å²) in [5.41, 5.74) is 8.73. The third kappa shape index (κ3) is 6.09. The van der Waals surface area contributed by atoms with Gasteiger partial charge in [-0.1, -0.05) is 12.1 Å². The Balaban J connectivity index is 1.81. The lowest BCUT2D eigenvalue weighted by Crippen LogP contribution is -2.32. The number of benzene rings is 3. The number of carbonyl (C=O) groups is 1. The number of hydrogen-bond donors (Lipinski definition) is 3. The summed E-state index contributed by atoms with van der Waals surface area (Å²) in [5, 5.41) is 28.2. The molecule has 3 rings (SSSR count). The van der Waals surface area contributed by atoms with Crippen LogP contribution in [-0.2, 0) is 17.6 Å². The van der Waals surface area contributed by atoms with Gasteiger partial charge in [0.05, 0.1) is 18.8 Å². The van der Waals surface area contributed by atoms with E-state index in [1.807, 2.05) is 24.3 Å². The van der Waals surface area contributed by atoms with E-state index in [4.69, 9.17) is 20.8 Å². The van der Waals surface area contributed by atoms with E-state index in [0.29, 0.717) is 29.0 Å². The number of ether oxygens (including phenoxy) is 1. The predicted molar refractivity (Wildman–Crippen MR) is 133 cm³/mol. The number of nitrogens with zero attached hydrogens (tertiary/aromatic N) is 1. The topological polar surface area (TPSA) is 117 Å². The molecule has 0 heterocycles. The molecule has 0 fully saturated rings. The number of phenolic OH excluding ortho intramolecular Hbond substituents is 1. The molecule has 0 aromatic heterocycles. The van der Waals surface area contributed by atoms with Gasteiger partial charge in [-0.05, 0) is 105 Å². The van der Waals surface area contributed by atoms with Crippen molar-refractivity contribution < 1.29 is 19.7 Å². The zero-order chi connectivity index (χ0) is 22.5. The van der Waals surface area contributed by atoms with E-state index < -0.39 is 12.0 Å². The molecule has 6 nitrogen and oxygen atoms in total. The van der Waals surface area contributed by atoms with Gasteiger partial charge in [0.25, 0.3) is 0 Å². The van der Waals surface area contributed by atoms with E-state index in [9.17, 15) is 9.90 Å². The molecule has 0 aliphatic heterocycles. The fraction of sp³-hybridized carbons (Fsp3) is 0.130. The first kappa shape index (κ1) is 23.3. The van der Waals surface area contributed by atoms with Crippen LogP contribution >= 0.6 is 45.2 Å². The van der Waals surface area contributed by atoms with E-state index in [1.54, 1.807) is 30.3 Å². The summed E-state index contributed by atoms with van der Waals surface area (Å²) in [5.74, 6) is 0.361. The maximum absolute atomic E-state index is 11.0. The van der Waals surface area contributed by atoms with Crippen molar-refractivity contribution in [1.29, 1.82) is 5.26 Å². The van der Waals surface area contributed by atoms with E-state index in [-0.39, 0.29) is 12.2 Å². The average molecular weight is 640 g/mol. The van der Waals surface area contributed by atoms with E-state index >= 15 is 0 Å². The number of phenols is 1. The van der Waals surface area contributed by atoms with Crippen molar-refractivity contribution in [1.82, 2.24) is 0 Å². The highest BCUT2D eigenvalue weighted by Gasteiger charge is 2.16. The number of nitrogens with two attached hydrogens (primary N) is 1. The molecule has 0 bridgehead atoms. The molecule has 0 unspecified atom stereocenters. The van der Waals surface area contributed by atoms with Gasteiger partial charge in [0.2, 0.25) is 0 Å². The van der Waals surface area contributed by atoms with Gasteiger partial charge in [0.1, 0.15) is 17.5 Å². The minimum Gasteiger partial charge on any atom is -0.508 e. The number of hydrogen-bond acceptors (Lipinski definition) is 5. The summed E-state index contributed by atoms with van der Waals surface area (Å²) >= 11 is 4.30. The fourth-order valence-electron chi connectivity index (χ4n) is 2.97. The van der Waals surface area contributed by atoms with Crippen molar-refractivity contribution in [2.75, 3.05) is 0 Å². The van der Waals surface area contributed by atoms with Crippen LogP contribution in [0.15, 0.2) is 54.6 Å². The minimum absolute atomic E-state index is 0.166. The standard InChI is InChI=1S/C23H18I2N2O4/c24-18-8-15(10-20(27)23(29)30)9-19(25)22(18)31-17-5-6-21(28)16(11-17)7-13-1-3-14(12-26)4-2-13/h1-6,8-9,11,20,28H,7,10,27H2,(H,29,30)/t20-/m1/s1. The maximum Gasteiger partial charge on any atom is 0.320 e. The Hall–Kier alpha value is -2.36. The van der Waals surface area contributed by atoms with Crippen LogP contribution in [0.25, 0.3) is 0 Å². The first-order valence-corrected chi connectivity index (χ1v) is 11.4. The van der Waals surface area contributed by atoms with Gasteiger partial charge in [-0.3, -0.25) is 4.79 Å². The predicted octanol–water partition coefficient (Wildman–Crippen LogP) is 4.81. The van der Waals surface area contributed by atoms with Crippen molar-refractivity contribution >= 4 is 51.2 Å². The molecule has 158 valence electrons.